The summed E-state index contributed by atoms with van der Waals surface area (Å²) in [4.78, 5) is 53.1. The molecular formula is C21H12ClFN4O4S2. The molecule has 2 aliphatic rings. The highest BCUT2D eigenvalue weighted by atomic mass is 35.5. The second-order valence-corrected chi connectivity index (χ2v) is 8.06. The zero-order valence-corrected chi connectivity index (χ0v) is 18.8. The molecule has 2 aromatic carbocycles. The minimum absolute atomic E-state index is 0.171. The molecule has 0 aliphatic carbocycles. The fourth-order valence-corrected chi connectivity index (χ4v) is 3.96. The second-order valence-electron chi connectivity index (χ2n) is 6.85. The molecule has 2 saturated heterocycles. The normalized spacial score (nSPS) is 20.3. The van der Waals surface area contributed by atoms with Gasteiger partial charge >= 0.3 is 0 Å². The highest BCUT2D eigenvalue weighted by molar-refractivity contribution is 7.80. The van der Waals surface area contributed by atoms with Crippen molar-refractivity contribution in [2.24, 2.45) is 5.92 Å². The van der Waals surface area contributed by atoms with Crippen LogP contribution in [0.5, 0.6) is 0 Å². The number of halogens is 2. The molecule has 8 nitrogen and oxygen atoms in total. The fraction of sp³-hybridized carbons (Fsp3) is 0.0476. The van der Waals surface area contributed by atoms with E-state index < -0.39 is 40.9 Å². The summed E-state index contributed by atoms with van der Waals surface area (Å²) in [7, 11) is 0. The topological polar surface area (TPSA) is 98.8 Å². The average Bonchev–Trinajstić information content (AvgIpc) is 2.75. The Morgan fingerprint density at radius 1 is 0.909 bits per heavy atom. The van der Waals surface area contributed by atoms with Crippen molar-refractivity contribution in [2.45, 2.75) is 0 Å². The van der Waals surface area contributed by atoms with Crippen LogP contribution in [-0.2, 0) is 19.2 Å². The van der Waals surface area contributed by atoms with E-state index in [4.69, 9.17) is 36.0 Å². The number of amides is 4. The van der Waals surface area contributed by atoms with Gasteiger partial charge in [-0.3, -0.25) is 29.4 Å². The van der Waals surface area contributed by atoms with Crippen LogP contribution in [-0.4, -0.2) is 33.9 Å². The first-order chi connectivity index (χ1) is 15.7. The molecule has 0 spiro atoms. The number of nitrogens with zero attached hydrogens (tertiary/aromatic N) is 2. The van der Waals surface area contributed by atoms with Crippen LogP contribution in [0.4, 0.5) is 15.8 Å². The molecule has 2 N–H and O–H groups in total. The fourth-order valence-electron chi connectivity index (χ4n) is 3.27. The van der Waals surface area contributed by atoms with Gasteiger partial charge < -0.3 is 5.32 Å². The molecule has 2 aromatic rings. The van der Waals surface area contributed by atoms with Gasteiger partial charge in [0.2, 0.25) is 11.8 Å². The lowest BCUT2D eigenvalue weighted by atomic mass is 9.98. The number of carbonyl (C=O) groups is 4. The molecule has 4 amide bonds. The zero-order chi connectivity index (χ0) is 23.9. The van der Waals surface area contributed by atoms with Gasteiger partial charge in [-0.05, 0) is 66.9 Å². The largest absolute Gasteiger partial charge is 0.301 e. The van der Waals surface area contributed by atoms with E-state index in [9.17, 15) is 23.6 Å². The van der Waals surface area contributed by atoms with Crippen molar-refractivity contribution in [1.29, 1.82) is 0 Å². The van der Waals surface area contributed by atoms with Crippen molar-refractivity contribution >= 4 is 81.3 Å². The van der Waals surface area contributed by atoms with Crippen molar-refractivity contribution < 1.29 is 23.6 Å². The van der Waals surface area contributed by atoms with E-state index in [0.717, 1.165) is 21.9 Å². The smallest absolute Gasteiger partial charge is 0.270 e. The van der Waals surface area contributed by atoms with Crippen molar-refractivity contribution in [1.82, 2.24) is 10.6 Å². The lowest BCUT2D eigenvalue weighted by molar-refractivity contribution is -0.131. The molecule has 12 heteroatoms. The number of carbonyl (C=O) groups excluding carboxylic acids is 4. The molecule has 2 heterocycles. The second kappa shape index (κ2) is 8.77. The number of anilines is 2. The maximum absolute atomic E-state index is 14.3. The van der Waals surface area contributed by atoms with E-state index in [-0.39, 0.29) is 15.9 Å². The number of rotatable bonds is 3. The van der Waals surface area contributed by atoms with Crippen LogP contribution in [0.1, 0.15) is 0 Å². The Balaban J connectivity index is 1.72. The van der Waals surface area contributed by atoms with E-state index >= 15 is 0 Å². The van der Waals surface area contributed by atoms with Crippen molar-refractivity contribution in [3.63, 3.8) is 0 Å². The Bertz CT molecular complexity index is 1280. The summed E-state index contributed by atoms with van der Waals surface area (Å²) < 4.78 is 14.3. The highest BCUT2D eigenvalue weighted by Crippen LogP contribution is 2.27. The van der Waals surface area contributed by atoms with Gasteiger partial charge in [0.1, 0.15) is 17.3 Å². The summed E-state index contributed by atoms with van der Waals surface area (Å²) in [6.45, 7) is 0. The van der Waals surface area contributed by atoms with Gasteiger partial charge in [-0.25, -0.2) is 9.29 Å². The molecule has 2 fully saturated rings. The van der Waals surface area contributed by atoms with E-state index in [0.29, 0.717) is 10.7 Å². The summed E-state index contributed by atoms with van der Waals surface area (Å²) in [5.74, 6) is -5.84. The quantitative estimate of drug-likeness (QED) is 0.289. The van der Waals surface area contributed by atoms with E-state index in [1.807, 2.05) is 0 Å². The van der Waals surface area contributed by atoms with Crippen LogP contribution in [0.3, 0.4) is 0 Å². The molecular weight excluding hydrogens is 491 g/mol. The first kappa shape index (κ1) is 22.6. The van der Waals surface area contributed by atoms with Gasteiger partial charge in [-0.1, -0.05) is 23.7 Å². The molecule has 33 heavy (non-hydrogen) atoms. The summed E-state index contributed by atoms with van der Waals surface area (Å²) in [6.07, 6.45) is 0.912. The van der Waals surface area contributed by atoms with E-state index in [1.165, 1.54) is 42.5 Å². The van der Waals surface area contributed by atoms with Crippen LogP contribution in [0, 0.1) is 11.7 Å². The number of hydrogen-bond donors (Lipinski definition) is 2. The van der Waals surface area contributed by atoms with Crippen molar-refractivity contribution in [2.75, 3.05) is 9.80 Å². The zero-order valence-electron chi connectivity index (χ0n) is 16.4. The van der Waals surface area contributed by atoms with Gasteiger partial charge in [-0.15, -0.1) is 0 Å². The summed E-state index contributed by atoms with van der Waals surface area (Å²) >= 11 is 16.0. The Morgan fingerprint density at radius 3 is 2.21 bits per heavy atom. The third kappa shape index (κ3) is 4.13. The molecule has 0 saturated carbocycles. The minimum Gasteiger partial charge on any atom is -0.301 e. The third-order valence-corrected chi connectivity index (χ3v) is 5.64. The van der Waals surface area contributed by atoms with Crippen molar-refractivity contribution in [3.05, 3.63) is 71.0 Å². The van der Waals surface area contributed by atoms with E-state index in [2.05, 4.69) is 10.6 Å². The Kier molecular flexibility index (Phi) is 6.02. The number of thiocarbonyl (C=S) groups is 2. The molecule has 0 bridgehead atoms. The third-order valence-electron chi connectivity index (χ3n) is 4.82. The molecule has 0 unspecified atom stereocenters. The molecule has 166 valence electrons. The number of para-hydroxylation sites is 1. The van der Waals surface area contributed by atoms with Crippen LogP contribution >= 0.6 is 36.0 Å². The molecule has 2 aliphatic heterocycles. The molecule has 4 rings (SSSR count). The first-order valence-electron chi connectivity index (χ1n) is 9.29. The predicted molar refractivity (Wildman–Crippen MR) is 126 cm³/mol. The Labute approximate surface area is 202 Å². The standard InChI is InChI=1S/C21H12ClFN4O4S2/c22-10-5-7-11(8-6-10)26-18(30)12(16(28)24-20(26)32)9-13-17(29)25-21(33)27(19(13)31)15-4-2-1-3-14(15)23/h1-9,12H,(H,24,28,32)(H,25,29,33)/b13-9+/t12-/m0/s1. The highest BCUT2D eigenvalue weighted by Gasteiger charge is 2.42. The van der Waals surface area contributed by atoms with Gasteiger partial charge in [0.25, 0.3) is 11.8 Å². The number of nitrogens with one attached hydrogen (secondary N) is 2. The van der Waals surface area contributed by atoms with Crippen LogP contribution in [0.2, 0.25) is 5.02 Å². The number of hydrogen-bond acceptors (Lipinski definition) is 6. The minimum atomic E-state index is -1.56. The van der Waals surface area contributed by atoms with E-state index in [1.54, 1.807) is 0 Å². The van der Waals surface area contributed by atoms with Crippen LogP contribution in [0.15, 0.2) is 60.2 Å². The summed E-state index contributed by atoms with van der Waals surface area (Å²) in [5, 5.41) is 4.57. The van der Waals surface area contributed by atoms with Gasteiger partial charge in [-0.2, -0.15) is 0 Å². The Hall–Kier alpha value is -3.54. The lowest BCUT2D eigenvalue weighted by Gasteiger charge is -2.33. The van der Waals surface area contributed by atoms with Gasteiger partial charge in [0.15, 0.2) is 10.2 Å². The SMILES string of the molecule is O=C1NC(=S)N(c2ccccc2F)C(=O)/C1=C/[C@H]1C(=O)NC(=S)N(c2ccc(Cl)cc2)C1=O. The number of benzene rings is 2. The maximum atomic E-state index is 14.3. The Morgan fingerprint density at radius 2 is 1.55 bits per heavy atom. The molecule has 0 aromatic heterocycles. The summed E-state index contributed by atoms with van der Waals surface area (Å²) in [5.41, 5.74) is -0.419. The van der Waals surface area contributed by atoms with Gasteiger partial charge in [0.05, 0.1) is 11.4 Å². The maximum Gasteiger partial charge on any atom is 0.270 e. The average molecular weight is 503 g/mol. The predicted octanol–water partition coefficient (Wildman–Crippen LogP) is 2.22. The van der Waals surface area contributed by atoms with Gasteiger partial charge in [0, 0.05) is 5.02 Å². The first-order valence-corrected chi connectivity index (χ1v) is 10.5. The summed E-state index contributed by atoms with van der Waals surface area (Å²) in [6, 6.07) is 11.4. The molecule has 0 radical (unpaired) electrons. The van der Waals surface area contributed by atoms with Crippen molar-refractivity contribution in [3.8, 4) is 0 Å². The lowest BCUT2D eigenvalue weighted by Crippen LogP contribution is -2.59. The van der Waals surface area contributed by atoms with Crippen LogP contribution < -0.4 is 20.4 Å². The molecule has 1 atom stereocenters. The monoisotopic (exact) mass is 502 g/mol. The van der Waals surface area contributed by atoms with Crippen LogP contribution in [0.25, 0.3) is 0 Å².